The van der Waals surface area contributed by atoms with Crippen LogP contribution in [0.5, 0.6) is 5.75 Å². The zero-order valence-electron chi connectivity index (χ0n) is 17.8. The van der Waals surface area contributed by atoms with Crippen LogP contribution in [-0.4, -0.2) is 47.9 Å². The van der Waals surface area contributed by atoms with Crippen molar-refractivity contribution in [3.63, 3.8) is 0 Å². The first-order valence-corrected chi connectivity index (χ1v) is 10.8. The predicted molar refractivity (Wildman–Crippen MR) is 117 cm³/mol. The number of carbonyl (C=O) groups is 3. The van der Waals surface area contributed by atoms with Crippen molar-refractivity contribution < 1.29 is 23.5 Å². The van der Waals surface area contributed by atoms with Crippen molar-refractivity contribution in [1.29, 1.82) is 0 Å². The number of nitrogens with zero attached hydrogens (tertiary/aromatic N) is 1. The average molecular weight is 439 g/mol. The SMILES string of the molecule is COc1cccc(NC(=O)C[C@@H]2C(=O)N[C@H]3CCCC[C@@H]3N2C(=O)c2ccc(F)cc2)c1. The van der Waals surface area contributed by atoms with Crippen LogP contribution in [0.4, 0.5) is 10.1 Å². The van der Waals surface area contributed by atoms with E-state index >= 15 is 0 Å². The maximum Gasteiger partial charge on any atom is 0.254 e. The number of halogens is 1. The molecule has 2 aromatic rings. The standard InChI is InChI=1S/C24H26FN3O4/c1-32-18-6-4-5-17(13-18)26-22(29)14-21-23(30)27-19-7-2-3-8-20(19)28(21)24(31)15-9-11-16(25)12-10-15/h4-6,9-13,19-21H,2-3,7-8,14H2,1H3,(H,26,29)(H,27,30)/t19-,20-,21+/m0/s1. The quantitative estimate of drug-likeness (QED) is 0.750. The minimum absolute atomic E-state index is 0.140. The lowest BCUT2D eigenvalue weighted by atomic mass is 9.84. The predicted octanol–water partition coefficient (Wildman–Crippen LogP) is 3.11. The molecular weight excluding hydrogens is 413 g/mol. The normalized spacial score (nSPS) is 22.5. The molecule has 0 aromatic heterocycles. The maximum absolute atomic E-state index is 13.4. The van der Waals surface area contributed by atoms with E-state index in [-0.39, 0.29) is 36.2 Å². The highest BCUT2D eigenvalue weighted by molar-refractivity contribution is 6.01. The Labute approximate surface area is 185 Å². The van der Waals surface area contributed by atoms with Gasteiger partial charge in [0.15, 0.2) is 0 Å². The van der Waals surface area contributed by atoms with Crippen LogP contribution in [0.3, 0.4) is 0 Å². The summed E-state index contributed by atoms with van der Waals surface area (Å²) in [5.74, 6) is -0.941. The van der Waals surface area contributed by atoms with Gasteiger partial charge in [0, 0.05) is 23.4 Å². The number of piperazine rings is 1. The van der Waals surface area contributed by atoms with Crippen LogP contribution in [-0.2, 0) is 9.59 Å². The summed E-state index contributed by atoms with van der Waals surface area (Å²) in [6.45, 7) is 0. The van der Waals surface area contributed by atoms with Crippen LogP contribution in [0, 0.1) is 5.82 Å². The second-order valence-electron chi connectivity index (χ2n) is 8.19. The van der Waals surface area contributed by atoms with Gasteiger partial charge in [-0.25, -0.2) is 4.39 Å². The number of hydrogen-bond donors (Lipinski definition) is 2. The number of carbonyl (C=O) groups excluding carboxylic acids is 3. The Morgan fingerprint density at radius 1 is 1.16 bits per heavy atom. The van der Waals surface area contributed by atoms with E-state index in [2.05, 4.69) is 10.6 Å². The van der Waals surface area contributed by atoms with E-state index in [1.807, 2.05) is 0 Å². The Balaban J connectivity index is 1.58. The van der Waals surface area contributed by atoms with Crippen molar-refractivity contribution in [3.8, 4) is 5.75 Å². The van der Waals surface area contributed by atoms with Crippen LogP contribution < -0.4 is 15.4 Å². The highest BCUT2D eigenvalue weighted by Crippen LogP contribution is 2.31. The molecular formula is C24H26FN3O4. The molecule has 168 valence electrons. The topological polar surface area (TPSA) is 87.7 Å². The Morgan fingerprint density at radius 2 is 1.91 bits per heavy atom. The van der Waals surface area contributed by atoms with Crippen LogP contribution in [0.2, 0.25) is 0 Å². The summed E-state index contributed by atoms with van der Waals surface area (Å²) >= 11 is 0. The number of fused-ring (bicyclic) bond motifs is 1. The number of rotatable bonds is 5. The fourth-order valence-corrected chi connectivity index (χ4v) is 4.56. The van der Waals surface area contributed by atoms with E-state index in [0.29, 0.717) is 17.0 Å². The van der Waals surface area contributed by atoms with Gasteiger partial charge in [0.05, 0.1) is 19.6 Å². The van der Waals surface area contributed by atoms with Crippen LogP contribution in [0.25, 0.3) is 0 Å². The Hall–Kier alpha value is -3.42. The average Bonchev–Trinajstić information content (AvgIpc) is 2.79. The zero-order chi connectivity index (χ0) is 22.7. The van der Waals surface area contributed by atoms with Gasteiger partial charge in [0.1, 0.15) is 17.6 Å². The molecule has 2 aromatic carbocycles. The monoisotopic (exact) mass is 439 g/mol. The molecule has 1 saturated carbocycles. The molecule has 2 fully saturated rings. The fraction of sp³-hybridized carbons (Fsp3) is 0.375. The van der Waals surface area contributed by atoms with Gasteiger partial charge in [-0.2, -0.15) is 0 Å². The molecule has 0 bridgehead atoms. The largest absolute Gasteiger partial charge is 0.497 e. The van der Waals surface area contributed by atoms with E-state index in [4.69, 9.17) is 4.74 Å². The Kier molecular flexibility index (Phi) is 6.39. The summed E-state index contributed by atoms with van der Waals surface area (Å²) in [5, 5.41) is 5.79. The maximum atomic E-state index is 13.4. The Morgan fingerprint density at radius 3 is 2.66 bits per heavy atom. The third-order valence-corrected chi connectivity index (χ3v) is 6.11. The Bertz CT molecular complexity index is 1010. The van der Waals surface area contributed by atoms with Gasteiger partial charge in [-0.1, -0.05) is 18.9 Å². The lowest BCUT2D eigenvalue weighted by Crippen LogP contribution is -2.68. The number of nitrogens with one attached hydrogen (secondary N) is 2. The van der Waals surface area contributed by atoms with Crippen LogP contribution in [0.1, 0.15) is 42.5 Å². The van der Waals surface area contributed by atoms with Gasteiger partial charge in [-0.15, -0.1) is 0 Å². The minimum Gasteiger partial charge on any atom is -0.497 e. The molecule has 1 heterocycles. The number of benzene rings is 2. The van der Waals surface area contributed by atoms with Crippen LogP contribution >= 0.6 is 0 Å². The molecule has 0 unspecified atom stereocenters. The molecule has 4 rings (SSSR count). The summed E-state index contributed by atoms with van der Waals surface area (Å²) in [6, 6.07) is 10.9. The second-order valence-corrected chi connectivity index (χ2v) is 8.19. The fourth-order valence-electron chi connectivity index (χ4n) is 4.56. The van der Waals surface area contributed by atoms with Crippen LogP contribution in [0.15, 0.2) is 48.5 Å². The molecule has 1 aliphatic heterocycles. The highest BCUT2D eigenvalue weighted by Gasteiger charge is 2.46. The molecule has 7 nitrogen and oxygen atoms in total. The molecule has 2 aliphatic rings. The molecule has 0 radical (unpaired) electrons. The number of methoxy groups -OCH3 is 1. The number of ether oxygens (including phenoxy) is 1. The van der Waals surface area contributed by atoms with Gasteiger partial charge >= 0.3 is 0 Å². The lowest BCUT2D eigenvalue weighted by molar-refractivity contribution is -0.135. The van der Waals surface area contributed by atoms with Crippen molar-refractivity contribution in [2.75, 3.05) is 12.4 Å². The first-order valence-electron chi connectivity index (χ1n) is 10.8. The van der Waals surface area contributed by atoms with Gasteiger partial charge in [-0.3, -0.25) is 14.4 Å². The molecule has 0 spiro atoms. The molecule has 8 heteroatoms. The van der Waals surface area contributed by atoms with Crippen molar-refractivity contribution in [2.45, 2.75) is 50.2 Å². The molecule has 3 atom stereocenters. The van der Waals surface area contributed by atoms with Crippen molar-refractivity contribution >= 4 is 23.4 Å². The zero-order valence-corrected chi connectivity index (χ0v) is 17.8. The highest BCUT2D eigenvalue weighted by atomic mass is 19.1. The van der Waals surface area contributed by atoms with Crippen molar-refractivity contribution in [3.05, 3.63) is 59.9 Å². The summed E-state index contributed by atoms with van der Waals surface area (Å²) in [6.07, 6.45) is 3.26. The lowest BCUT2D eigenvalue weighted by Gasteiger charge is -2.48. The van der Waals surface area contributed by atoms with Gasteiger partial charge in [-0.05, 0) is 49.2 Å². The number of hydrogen-bond acceptors (Lipinski definition) is 4. The third kappa shape index (κ3) is 4.59. The molecule has 1 aliphatic carbocycles. The second kappa shape index (κ2) is 9.38. The van der Waals surface area contributed by atoms with E-state index in [1.54, 1.807) is 29.2 Å². The molecule has 1 saturated heterocycles. The molecule has 3 amide bonds. The summed E-state index contributed by atoms with van der Waals surface area (Å²) in [5.41, 5.74) is 0.834. The summed E-state index contributed by atoms with van der Waals surface area (Å²) in [7, 11) is 1.53. The smallest absolute Gasteiger partial charge is 0.254 e. The molecule has 2 N–H and O–H groups in total. The summed E-state index contributed by atoms with van der Waals surface area (Å²) in [4.78, 5) is 40.8. The minimum atomic E-state index is -0.947. The van der Waals surface area contributed by atoms with E-state index in [0.717, 1.165) is 25.7 Å². The van der Waals surface area contributed by atoms with Crippen molar-refractivity contribution in [2.24, 2.45) is 0 Å². The van der Waals surface area contributed by atoms with Gasteiger partial charge in [0.25, 0.3) is 5.91 Å². The first-order chi connectivity index (χ1) is 15.5. The third-order valence-electron chi connectivity index (χ3n) is 6.11. The van der Waals surface area contributed by atoms with Gasteiger partial charge in [0.2, 0.25) is 11.8 Å². The van der Waals surface area contributed by atoms with E-state index in [9.17, 15) is 18.8 Å². The number of amides is 3. The first kappa shape index (κ1) is 21.8. The van der Waals surface area contributed by atoms with Crippen molar-refractivity contribution in [1.82, 2.24) is 10.2 Å². The summed E-state index contributed by atoms with van der Waals surface area (Å²) < 4.78 is 18.6. The molecule has 32 heavy (non-hydrogen) atoms. The van der Waals surface area contributed by atoms with E-state index < -0.39 is 11.9 Å². The van der Waals surface area contributed by atoms with E-state index in [1.165, 1.54) is 31.4 Å². The van der Waals surface area contributed by atoms with Gasteiger partial charge < -0.3 is 20.3 Å². The number of anilines is 1.